The van der Waals surface area contributed by atoms with E-state index in [1.807, 2.05) is 0 Å². The van der Waals surface area contributed by atoms with Gasteiger partial charge in [0.05, 0.1) is 26.7 Å². The molecule has 3 nitrogen and oxygen atoms in total. The Balaban J connectivity index is 2.25. The second-order valence-corrected chi connectivity index (χ2v) is 4.12. The summed E-state index contributed by atoms with van der Waals surface area (Å²) in [5, 5.41) is 18.8. The Morgan fingerprint density at radius 1 is 1.67 bits per heavy atom. The molecule has 2 aliphatic rings. The van der Waals surface area contributed by atoms with Crippen molar-refractivity contribution in [3.63, 3.8) is 0 Å². The smallest absolute Gasteiger partial charge is 0.140 e. The molecule has 2 rings (SSSR count). The zero-order valence-corrected chi connectivity index (χ0v) is 7.40. The Morgan fingerprint density at radius 3 is 3.08 bits per heavy atom. The van der Waals surface area contributed by atoms with E-state index in [0.717, 1.165) is 29.6 Å². The topological polar surface area (TPSA) is 40.5 Å². The van der Waals surface area contributed by atoms with Crippen LogP contribution in [0.5, 0.6) is 0 Å². The van der Waals surface area contributed by atoms with Crippen molar-refractivity contribution >= 4 is 0 Å². The first-order valence-electron chi connectivity index (χ1n) is 4.49. The molecule has 2 heterocycles. The molecule has 1 unspecified atom stereocenters. The van der Waals surface area contributed by atoms with Crippen LogP contribution in [0, 0.1) is 0 Å². The van der Waals surface area contributed by atoms with Gasteiger partial charge in [-0.05, 0) is 6.08 Å². The van der Waals surface area contributed by atoms with E-state index in [2.05, 4.69) is 13.1 Å². The van der Waals surface area contributed by atoms with Crippen LogP contribution in [0.2, 0.25) is 0 Å². The van der Waals surface area contributed by atoms with Crippen molar-refractivity contribution in [3.8, 4) is 0 Å². The lowest BCUT2D eigenvalue weighted by atomic mass is 10.1. The van der Waals surface area contributed by atoms with Gasteiger partial charge in [-0.3, -0.25) is 0 Å². The van der Waals surface area contributed by atoms with Gasteiger partial charge >= 0.3 is 0 Å². The van der Waals surface area contributed by atoms with E-state index in [4.69, 9.17) is 5.11 Å². The Hall–Kier alpha value is -0.380. The molecule has 2 aliphatic heterocycles. The summed E-state index contributed by atoms with van der Waals surface area (Å²) in [6, 6.07) is 0.176. The highest BCUT2D eigenvalue weighted by molar-refractivity contribution is 5.17. The van der Waals surface area contributed by atoms with E-state index in [9.17, 15) is 5.11 Å². The van der Waals surface area contributed by atoms with Crippen LogP contribution in [0.3, 0.4) is 0 Å². The first-order valence-corrected chi connectivity index (χ1v) is 4.49. The van der Waals surface area contributed by atoms with Crippen LogP contribution in [0.4, 0.5) is 0 Å². The minimum atomic E-state index is -0.240. The molecule has 0 aliphatic carbocycles. The number of rotatable bonds is 1. The highest BCUT2D eigenvalue weighted by Gasteiger charge is 2.49. The van der Waals surface area contributed by atoms with E-state index in [1.54, 1.807) is 0 Å². The van der Waals surface area contributed by atoms with Gasteiger partial charge in [0.1, 0.15) is 12.1 Å². The largest absolute Gasteiger partial charge is 0.392 e. The number of nitrogens with zero attached hydrogens (tertiary/aromatic N) is 1. The lowest BCUT2D eigenvalue weighted by Crippen LogP contribution is -2.48. The van der Waals surface area contributed by atoms with Crippen molar-refractivity contribution < 1.29 is 14.7 Å². The summed E-state index contributed by atoms with van der Waals surface area (Å²) in [6.45, 7) is 2.11. The fraction of sp³-hybridized carbons (Fsp3) is 0.778. The summed E-state index contributed by atoms with van der Waals surface area (Å²) in [4.78, 5) is 0. The molecule has 0 saturated carbocycles. The average Bonchev–Trinajstić information content (AvgIpc) is 2.51. The molecule has 1 fully saturated rings. The van der Waals surface area contributed by atoms with E-state index in [0.29, 0.717) is 0 Å². The zero-order valence-electron chi connectivity index (χ0n) is 7.40. The maximum absolute atomic E-state index is 9.70. The summed E-state index contributed by atoms with van der Waals surface area (Å²) in [5.74, 6) is 0. The molecule has 1 saturated heterocycles. The summed E-state index contributed by atoms with van der Waals surface area (Å²) >= 11 is 0. The number of aliphatic hydroxyl groups is 2. The van der Waals surface area contributed by atoms with Gasteiger partial charge in [-0.15, -0.1) is 0 Å². The molecule has 68 valence electrons. The number of likely N-dealkylation sites (N-methyl/N-ethyl adjacent to an activating group) is 1. The van der Waals surface area contributed by atoms with Gasteiger partial charge in [0.25, 0.3) is 0 Å². The summed E-state index contributed by atoms with van der Waals surface area (Å²) in [7, 11) is 2.15. The maximum atomic E-state index is 9.70. The van der Waals surface area contributed by atoms with Crippen molar-refractivity contribution in [3.05, 3.63) is 11.6 Å². The highest BCUT2D eigenvalue weighted by atomic mass is 16.3. The van der Waals surface area contributed by atoms with Gasteiger partial charge in [0.2, 0.25) is 0 Å². The van der Waals surface area contributed by atoms with Gasteiger partial charge in [0, 0.05) is 12.0 Å². The van der Waals surface area contributed by atoms with Crippen LogP contribution in [0.15, 0.2) is 11.6 Å². The normalized spacial score (nSPS) is 46.1. The number of aliphatic hydroxyl groups excluding tert-OH is 2. The van der Waals surface area contributed by atoms with Crippen LogP contribution in [0.25, 0.3) is 0 Å². The predicted molar refractivity (Wildman–Crippen MR) is 45.5 cm³/mol. The molecule has 0 aromatic carbocycles. The number of hydrogen-bond donors (Lipinski definition) is 2. The third-order valence-corrected chi connectivity index (χ3v) is 3.30. The maximum Gasteiger partial charge on any atom is 0.140 e. The van der Waals surface area contributed by atoms with Crippen LogP contribution in [0.1, 0.15) is 6.42 Å². The average molecular weight is 170 g/mol. The molecular formula is C9H16NO2+. The zero-order chi connectivity index (χ0) is 8.77. The first-order chi connectivity index (χ1) is 5.67. The second kappa shape index (κ2) is 2.55. The Bertz CT molecular complexity index is 227. The number of fused-ring (bicyclic) bond motifs is 1. The van der Waals surface area contributed by atoms with Crippen molar-refractivity contribution in [2.24, 2.45) is 0 Å². The molecule has 12 heavy (non-hydrogen) atoms. The summed E-state index contributed by atoms with van der Waals surface area (Å²) in [5.41, 5.74) is 1.03. The van der Waals surface area contributed by atoms with Gasteiger partial charge in [-0.1, -0.05) is 0 Å². The monoisotopic (exact) mass is 170 g/mol. The Labute approximate surface area is 72.5 Å². The lowest BCUT2D eigenvalue weighted by molar-refractivity contribution is -0.906. The van der Waals surface area contributed by atoms with Gasteiger partial charge < -0.3 is 14.7 Å². The standard InChI is InChI=1S/C9H16NO2/c1-10-4-2-7(6-11)9(10)8(12)3-5-10/h2,8-9,11-12H,3-6H2,1H3/q+1/t8-,9-,10?/m1/s1. The minimum absolute atomic E-state index is 0.107. The minimum Gasteiger partial charge on any atom is -0.392 e. The lowest BCUT2D eigenvalue weighted by Gasteiger charge is -2.31. The van der Waals surface area contributed by atoms with Crippen LogP contribution < -0.4 is 0 Å². The molecule has 0 spiro atoms. The molecule has 3 atom stereocenters. The number of quaternary nitrogens is 1. The van der Waals surface area contributed by atoms with Crippen molar-refractivity contribution in [2.45, 2.75) is 18.6 Å². The quantitative estimate of drug-likeness (QED) is 0.411. The molecule has 0 bridgehead atoms. The predicted octanol–water partition coefficient (Wildman–Crippen LogP) is -0.502. The van der Waals surface area contributed by atoms with Crippen molar-refractivity contribution in [1.29, 1.82) is 0 Å². The summed E-state index contributed by atoms with van der Waals surface area (Å²) < 4.78 is 0.900. The van der Waals surface area contributed by atoms with E-state index in [-0.39, 0.29) is 18.8 Å². The van der Waals surface area contributed by atoms with Gasteiger partial charge in [0.15, 0.2) is 0 Å². The molecule has 0 aromatic heterocycles. The third-order valence-electron chi connectivity index (χ3n) is 3.30. The Kier molecular flexibility index (Phi) is 1.75. The van der Waals surface area contributed by atoms with Gasteiger partial charge in [-0.2, -0.15) is 0 Å². The molecule has 0 radical (unpaired) electrons. The van der Waals surface area contributed by atoms with Gasteiger partial charge in [-0.25, -0.2) is 0 Å². The van der Waals surface area contributed by atoms with E-state index >= 15 is 0 Å². The fourth-order valence-electron chi connectivity index (χ4n) is 2.60. The van der Waals surface area contributed by atoms with Crippen molar-refractivity contribution in [2.75, 3.05) is 26.7 Å². The molecule has 0 amide bonds. The summed E-state index contributed by atoms with van der Waals surface area (Å²) in [6.07, 6.45) is 2.71. The van der Waals surface area contributed by atoms with E-state index < -0.39 is 0 Å². The number of hydrogen-bond acceptors (Lipinski definition) is 2. The highest BCUT2D eigenvalue weighted by Crippen LogP contribution is 2.34. The third kappa shape index (κ3) is 0.937. The molecule has 3 heteroatoms. The SMILES string of the molecule is C[N+]12CC=C(CO)[C@@H]1[C@H](O)CC2. The van der Waals surface area contributed by atoms with E-state index in [1.165, 1.54) is 0 Å². The van der Waals surface area contributed by atoms with Crippen LogP contribution >= 0.6 is 0 Å². The van der Waals surface area contributed by atoms with Crippen LogP contribution in [-0.2, 0) is 0 Å². The second-order valence-electron chi connectivity index (χ2n) is 4.12. The molecule has 0 aromatic rings. The fourth-order valence-corrected chi connectivity index (χ4v) is 2.60. The van der Waals surface area contributed by atoms with Crippen LogP contribution in [-0.4, -0.2) is 53.6 Å². The van der Waals surface area contributed by atoms with Crippen molar-refractivity contribution in [1.82, 2.24) is 0 Å². The first kappa shape index (κ1) is 8.23. The molecular weight excluding hydrogens is 154 g/mol. The Morgan fingerprint density at radius 2 is 2.42 bits per heavy atom. The molecule has 2 N–H and O–H groups in total.